The zero-order valence-corrected chi connectivity index (χ0v) is 14.3. The quantitative estimate of drug-likeness (QED) is 0.781. The minimum atomic E-state index is -1.11. The molecule has 1 atom stereocenters. The van der Waals surface area contributed by atoms with Crippen LogP contribution in [-0.2, 0) is 14.4 Å². The Bertz CT molecular complexity index is 573. The maximum Gasteiger partial charge on any atom is 0.330 e. The van der Waals surface area contributed by atoms with Crippen LogP contribution in [0.15, 0.2) is 30.3 Å². The molecule has 0 aliphatic carbocycles. The van der Waals surface area contributed by atoms with Gasteiger partial charge in [0, 0.05) is 13.1 Å². The number of likely N-dealkylation sites (tertiary alicyclic amines) is 1. The third-order valence-corrected chi connectivity index (χ3v) is 4.77. The number of aliphatic carboxylic acids is 1. The number of rotatable bonds is 7. The van der Waals surface area contributed by atoms with E-state index in [9.17, 15) is 19.5 Å². The van der Waals surface area contributed by atoms with Gasteiger partial charge in [0.1, 0.15) is 0 Å². The molecule has 2 N–H and O–H groups in total. The van der Waals surface area contributed by atoms with Crippen LogP contribution in [-0.4, -0.2) is 52.4 Å². The van der Waals surface area contributed by atoms with Crippen molar-refractivity contribution in [3.8, 4) is 0 Å². The summed E-state index contributed by atoms with van der Waals surface area (Å²) in [5.41, 5.74) is 0.521. The smallest absolute Gasteiger partial charge is 0.330 e. The molecule has 1 aliphatic heterocycles. The molecule has 0 radical (unpaired) electrons. The number of hydrogen-bond acceptors (Lipinski definition) is 4. The summed E-state index contributed by atoms with van der Waals surface area (Å²) in [5, 5.41) is 11.8. The van der Waals surface area contributed by atoms with Crippen molar-refractivity contribution in [1.82, 2.24) is 10.2 Å². The molecule has 1 aromatic carbocycles. The second kappa shape index (κ2) is 9.32. The van der Waals surface area contributed by atoms with E-state index >= 15 is 0 Å². The van der Waals surface area contributed by atoms with Gasteiger partial charge in [-0.1, -0.05) is 30.3 Å². The van der Waals surface area contributed by atoms with E-state index in [1.807, 2.05) is 4.90 Å². The summed E-state index contributed by atoms with van der Waals surface area (Å²) in [6, 6.07) is 7.48. The number of benzene rings is 1. The van der Waals surface area contributed by atoms with Crippen LogP contribution in [0.2, 0.25) is 0 Å². The first-order valence-corrected chi connectivity index (χ1v) is 9.16. The van der Waals surface area contributed by atoms with E-state index in [2.05, 4.69) is 5.32 Å². The van der Waals surface area contributed by atoms with Crippen molar-refractivity contribution in [2.45, 2.75) is 25.3 Å². The van der Waals surface area contributed by atoms with Gasteiger partial charge in [-0.2, -0.15) is 0 Å². The summed E-state index contributed by atoms with van der Waals surface area (Å²) >= 11 is 1.22. The number of nitrogens with one attached hydrogen (secondary N) is 1. The lowest BCUT2D eigenvalue weighted by Crippen LogP contribution is -2.37. The van der Waals surface area contributed by atoms with Gasteiger partial charge in [0.15, 0.2) is 6.04 Å². The van der Waals surface area contributed by atoms with E-state index < -0.39 is 12.0 Å². The van der Waals surface area contributed by atoms with Crippen LogP contribution in [0.25, 0.3) is 0 Å². The van der Waals surface area contributed by atoms with E-state index in [0.717, 1.165) is 32.4 Å². The topological polar surface area (TPSA) is 86.7 Å². The fourth-order valence-corrected chi connectivity index (χ4v) is 3.33. The van der Waals surface area contributed by atoms with Crippen LogP contribution in [0.1, 0.15) is 30.9 Å². The first kappa shape index (κ1) is 18.3. The normalized spacial score (nSPS) is 15.6. The highest BCUT2D eigenvalue weighted by atomic mass is 32.2. The molecule has 2 rings (SSSR count). The number of nitrogens with zero attached hydrogens (tertiary/aromatic N) is 1. The van der Waals surface area contributed by atoms with E-state index in [4.69, 9.17) is 0 Å². The molecule has 1 aromatic rings. The monoisotopic (exact) mass is 350 g/mol. The molecule has 0 aromatic heterocycles. The molecule has 24 heavy (non-hydrogen) atoms. The number of amides is 2. The van der Waals surface area contributed by atoms with Gasteiger partial charge in [0.2, 0.25) is 11.8 Å². The van der Waals surface area contributed by atoms with Gasteiger partial charge in [0.25, 0.3) is 0 Å². The van der Waals surface area contributed by atoms with E-state index in [-0.39, 0.29) is 23.3 Å². The largest absolute Gasteiger partial charge is 0.479 e. The summed E-state index contributed by atoms with van der Waals surface area (Å²) in [4.78, 5) is 37.2. The Labute approximate surface area is 145 Å². The van der Waals surface area contributed by atoms with Gasteiger partial charge in [-0.15, -0.1) is 11.8 Å². The zero-order chi connectivity index (χ0) is 17.4. The summed E-state index contributed by atoms with van der Waals surface area (Å²) in [6.07, 6.45) is 3.23. The van der Waals surface area contributed by atoms with Crippen molar-refractivity contribution in [1.29, 1.82) is 0 Å². The van der Waals surface area contributed by atoms with Crippen molar-refractivity contribution in [2.75, 3.05) is 24.6 Å². The van der Waals surface area contributed by atoms with Crippen LogP contribution in [0.5, 0.6) is 0 Å². The Kier molecular flexibility index (Phi) is 7.11. The molecule has 1 saturated heterocycles. The lowest BCUT2D eigenvalue weighted by molar-refractivity contribution is -0.141. The Hall–Kier alpha value is -2.02. The molecule has 0 bridgehead atoms. The average molecular weight is 350 g/mol. The van der Waals surface area contributed by atoms with Crippen LogP contribution < -0.4 is 5.32 Å². The molecule has 0 spiro atoms. The molecule has 1 aliphatic rings. The Morgan fingerprint density at radius 3 is 2.38 bits per heavy atom. The number of carboxylic acids is 1. The predicted octanol–water partition coefficient (Wildman–Crippen LogP) is 1.67. The van der Waals surface area contributed by atoms with Gasteiger partial charge >= 0.3 is 5.97 Å². The predicted molar refractivity (Wildman–Crippen MR) is 92.7 cm³/mol. The SMILES string of the molecule is O=C(CSCC(=O)N1CCCCC1)N[C@@H](C(=O)O)c1ccccc1. The third kappa shape index (κ3) is 5.56. The number of carboxylic acid groups (broad SMARTS) is 1. The maximum atomic E-state index is 12.0. The average Bonchev–Trinajstić information content (AvgIpc) is 2.61. The summed E-state index contributed by atoms with van der Waals surface area (Å²) in [5.74, 6) is -1.14. The molecule has 0 unspecified atom stereocenters. The number of thioether (sulfide) groups is 1. The highest BCUT2D eigenvalue weighted by Gasteiger charge is 2.22. The number of hydrogen-bond donors (Lipinski definition) is 2. The van der Waals surface area contributed by atoms with Crippen LogP contribution in [0, 0.1) is 0 Å². The molecule has 6 nitrogen and oxygen atoms in total. The van der Waals surface area contributed by atoms with Crippen molar-refractivity contribution in [3.05, 3.63) is 35.9 Å². The third-order valence-electron chi connectivity index (χ3n) is 3.85. The summed E-state index contributed by atoms with van der Waals surface area (Å²) in [7, 11) is 0. The van der Waals surface area contributed by atoms with E-state index in [1.54, 1.807) is 30.3 Å². The standard InChI is InChI=1S/C17H22N2O4S/c20-14(11-24-12-15(21)19-9-5-2-6-10-19)18-16(17(22)23)13-7-3-1-4-8-13/h1,3-4,7-8,16H,2,5-6,9-12H2,(H,18,20)(H,22,23)/t16-/m1/s1. The van der Waals surface area contributed by atoms with Crippen molar-refractivity contribution in [3.63, 3.8) is 0 Å². The number of carbonyl (C=O) groups excluding carboxylic acids is 2. The molecule has 7 heteroatoms. The Morgan fingerprint density at radius 2 is 1.75 bits per heavy atom. The van der Waals surface area contributed by atoms with Crippen LogP contribution in [0.4, 0.5) is 0 Å². The number of piperidine rings is 1. The molecule has 2 amide bonds. The van der Waals surface area contributed by atoms with Gasteiger partial charge in [-0.3, -0.25) is 9.59 Å². The van der Waals surface area contributed by atoms with E-state index in [0.29, 0.717) is 5.56 Å². The lowest BCUT2D eigenvalue weighted by atomic mass is 10.1. The molecule has 1 heterocycles. The lowest BCUT2D eigenvalue weighted by Gasteiger charge is -2.26. The Morgan fingerprint density at radius 1 is 1.08 bits per heavy atom. The minimum Gasteiger partial charge on any atom is -0.479 e. The van der Waals surface area contributed by atoms with Crippen molar-refractivity contribution in [2.24, 2.45) is 0 Å². The van der Waals surface area contributed by atoms with Gasteiger partial charge in [0.05, 0.1) is 11.5 Å². The number of carbonyl (C=O) groups is 3. The second-order valence-electron chi connectivity index (χ2n) is 5.68. The summed E-state index contributed by atoms with van der Waals surface area (Å²) in [6.45, 7) is 1.58. The fraction of sp³-hybridized carbons (Fsp3) is 0.471. The fourth-order valence-electron chi connectivity index (χ4n) is 2.60. The van der Waals surface area contributed by atoms with Crippen LogP contribution >= 0.6 is 11.8 Å². The molecular weight excluding hydrogens is 328 g/mol. The van der Waals surface area contributed by atoms with Crippen molar-refractivity contribution < 1.29 is 19.5 Å². The maximum absolute atomic E-state index is 12.0. The molecular formula is C17H22N2O4S. The Balaban J connectivity index is 1.77. The summed E-state index contributed by atoms with van der Waals surface area (Å²) < 4.78 is 0. The highest BCUT2D eigenvalue weighted by Crippen LogP contribution is 2.14. The molecule has 1 fully saturated rings. The molecule has 130 valence electrons. The van der Waals surface area contributed by atoms with E-state index in [1.165, 1.54) is 11.8 Å². The second-order valence-corrected chi connectivity index (χ2v) is 6.67. The van der Waals surface area contributed by atoms with Crippen LogP contribution in [0.3, 0.4) is 0 Å². The first-order valence-electron chi connectivity index (χ1n) is 8.00. The zero-order valence-electron chi connectivity index (χ0n) is 13.4. The van der Waals surface area contributed by atoms with Gasteiger partial charge in [-0.05, 0) is 24.8 Å². The van der Waals surface area contributed by atoms with Gasteiger partial charge in [-0.25, -0.2) is 4.79 Å². The first-order chi connectivity index (χ1) is 11.6. The van der Waals surface area contributed by atoms with Crippen molar-refractivity contribution >= 4 is 29.5 Å². The minimum absolute atomic E-state index is 0.0466. The molecule has 0 saturated carbocycles. The van der Waals surface area contributed by atoms with Gasteiger partial charge < -0.3 is 15.3 Å². The highest BCUT2D eigenvalue weighted by molar-refractivity contribution is 8.00.